The Morgan fingerprint density at radius 3 is 2.73 bits per heavy atom. The van der Waals surface area contributed by atoms with Crippen molar-refractivity contribution in [1.29, 1.82) is 0 Å². The van der Waals surface area contributed by atoms with Crippen molar-refractivity contribution in [1.82, 2.24) is 10.2 Å². The Kier molecular flexibility index (Phi) is 8.66. The maximum atomic E-state index is 12.9. The largest absolute Gasteiger partial charge is 0.490 e. The van der Waals surface area contributed by atoms with Gasteiger partial charge in [0.1, 0.15) is 18.5 Å². The van der Waals surface area contributed by atoms with Crippen LogP contribution in [-0.2, 0) is 11.0 Å². The third-order valence-corrected chi connectivity index (χ3v) is 4.12. The quantitative estimate of drug-likeness (QED) is 0.743. The number of alkyl halides is 3. The minimum atomic E-state index is -4.53. The maximum absolute atomic E-state index is 12.9. The van der Waals surface area contributed by atoms with Gasteiger partial charge in [-0.15, -0.1) is 12.4 Å². The first-order valence-electron chi connectivity index (χ1n) is 8.22. The summed E-state index contributed by atoms with van der Waals surface area (Å²) in [7, 11) is 1.56. The van der Waals surface area contributed by atoms with E-state index in [0.717, 1.165) is 25.5 Å². The summed E-state index contributed by atoms with van der Waals surface area (Å²) in [5.41, 5.74) is -0.890. The summed E-state index contributed by atoms with van der Waals surface area (Å²) >= 11 is 0. The van der Waals surface area contributed by atoms with E-state index in [1.165, 1.54) is 23.1 Å². The molecule has 148 valence electrons. The smallest absolute Gasteiger partial charge is 0.419 e. The van der Waals surface area contributed by atoms with Crippen molar-refractivity contribution in [2.45, 2.75) is 37.6 Å². The van der Waals surface area contributed by atoms with Crippen LogP contribution in [0, 0.1) is 0 Å². The zero-order valence-electron chi connectivity index (χ0n) is 14.5. The van der Waals surface area contributed by atoms with E-state index in [1.54, 1.807) is 7.05 Å². The van der Waals surface area contributed by atoms with Gasteiger partial charge in [-0.05, 0) is 31.5 Å². The van der Waals surface area contributed by atoms with Crippen molar-refractivity contribution >= 4 is 18.3 Å². The number of aliphatic hydroxyl groups excluding tert-OH is 1. The molecule has 1 saturated heterocycles. The summed E-state index contributed by atoms with van der Waals surface area (Å²) in [4.78, 5) is 13.5. The number of carbonyl (C=O) groups excluding carboxylic acids is 1. The summed E-state index contributed by atoms with van der Waals surface area (Å²) in [6, 6.07) is 4.99. The molecule has 1 aromatic carbocycles. The topological polar surface area (TPSA) is 61.8 Å². The Hall–Kier alpha value is -1.51. The molecule has 1 fully saturated rings. The number of likely N-dealkylation sites (N-methyl/N-ethyl adjacent to an activating group) is 1. The third kappa shape index (κ3) is 6.66. The van der Waals surface area contributed by atoms with Crippen LogP contribution in [0.3, 0.4) is 0 Å². The van der Waals surface area contributed by atoms with Crippen LogP contribution >= 0.6 is 12.4 Å². The molecule has 2 atom stereocenters. The zero-order chi connectivity index (χ0) is 18.4. The number of para-hydroxylation sites is 1. The molecule has 0 bridgehead atoms. The number of hydrogen-bond acceptors (Lipinski definition) is 4. The molecular formula is C17H24ClF3N2O3. The van der Waals surface area contributed by atoms with E-state index >= 15 is 0 Å². The number of halogens is 4. The number of hydrogen-bond donors (Lipinski definition) is 2. The van der Waals surface area contributed by atoms with Crippen molar-refractivity contribution in [2.75, 3.05) is 26.7 Å². The van der Waals surface area contributed by atoms with Crippen molar-refractivity contribution in [3.05, 3.63) is 29.8 Å². The number of nitrogens with one attached hydrogen (secondary N) is 1. The molecule has 2 N–H and O–H groups in total. The van der Waals surface area contributed by atoms with Gasteiger partial charge >= 0.3 is 6.18 Å². The highest BCUT2D eigenvalue weighted by Crippen LogP contribution is 2.35. The average Bonchev–Trinajstić information content (AvgIpc) is 3.05. The molecule has 0 aromatic heterocycles. The van der Waals surface area contributed by atoms with E-state index < -0.39 is 17.8 Å². The lowest BCUT2D eigenvalue weighted by Gasteiger charge is -2.23. The van der Waals surface area contributed by atoms with Crippen LogP contribution in [0.1, 0.15) is 24.8 Å². The average molecular weight is 397 g/mol. The lowest BCUT2D eigenvalue weighted by molar-refractivity contribution is -0.139. The first-order chi connectivity index (χ1) is 11.8. The van der Waals surface area contributed by atoms with Gasteiger partial charge in [0, 0.05) is 26.1 Å². The molecule has 1 heterocycles. The maximum Gasteiger partial charge on any atom is 0.419 e. The zero-order valence-corrected chi connectivity index (χ0v) is 15.3. The second-order valence-corrected chi connectivity index (χ2v) is 6.23. The molecule has 1 amide bonds. The minimum Gasteiger partial charge on any atom is -0.490 e. The predicted molar refractivity (Wildman–Crippen MR) is 93.5 cm³/mol. The van der Waals surface area contributed by atoms with Gasteiger partial charge in [0.25, 0.3) is 0 Å². The SMILES string of the molecule is CN(CC(O)COc1ccccc1C(F)(F)F)C(=O)CC1CCCN1.Cl. The highest BCUT2D eigenvalue weighted by Gasteiger charge is 2.34. The molecular weight excluding hydrogens is 373 g/mol. The van der Waals surface area contributed by atoms with Crippen molar-refractivity contribution in [3.63, 3.8) is 0 Å². The molecule has 0 radical (unpaired) electrons. The van der Waals surface area contributed by atoms with Crippen LogP contribution in [0.2, 0.25) is 0 Å². The molecule has 2 unspecified atom stereocenters. The van der Waals surface area contributed by atoms with Crippen LogP contribution in [0.5, 0.6) is 5.75 Å². The van der Waals surface area contributed by atoms with E-state index in [0.29, 0.717) is 6.42 Å². The third-order valence-electron chi connectivity index (χ3n) is 4.12. The van der Waals surface area contributed by atoms with Gasteiger partial charge in [0.05, 0.1) is 5.56 Å². The van der Waals surface area contributed by atoms with E-state index in [-0.39, 0.29) is 43.3 Å². The number of ether oxygens (including phenoxy) is 1. The summed E-state index contributed by atoms with van der Waals surface area (Å²) in [5.74, 6) is -0.452. The number of aliphatic hydroxyl groups is 1. The Morgan fingerprint density at radius 1 is 1.42 bits per heavy atom. The van der Waals surface area contributed by atoms with Crippen LogP contribution in [0.4, 0.5) is 13.2 Å². The fraction of sp³-hybridized carbons (Fsp3) is 0.588. The van der Waals surface area contributed by atoms with Crippen LogP contribution < -0.4 is 10.1 Å². The molecule has 1 aliphatic heterocycles. The molecule has 5 nitrogen and oxygen atoms in total. The predicted octanol–water partition coefficient (Wildman–Crippen LogP) is 2.47. The van der Waals surface area contributed by atoms with E-state index in [2.05, 4.69) is 5.32 Å². The van der Waals surface area contributed by atoms with Crippen LogP contribution in [0.25, 0.3) is 0 Å². The van der Waals surface area contributed by atoms with Gasteiger partial charge in [0.15, 0.2) is 0 Å². The van der Waals surface area contributed by atoms with Crippen molar-refractivity contribution in [3.8, 4) is 5.75 Å². The fourth-order valence-electron chi connectivity index (χ4n) is 2.78. The normalized spacial score (nSPS) is 18.1. The molecule has 2 rings (SSSR count). The Bertz CT molecular complexity index is 581. The number of benzene rings is 1. The van der Waals surface area contributed by atoms with Gasteiger partial charge in [-0.2, -0.15) is 13.2 Å². The Balaban J connectivity index is 0.00000338. The van der Waals surface area contributed by atoms with Gasteiger partial charge in [-0.1, -0.05) is 12.1 Å². The van der Waals surface area contributed by atoms with E-state index in [1.807, 2.05) is 0 Å². The molecule has 1 aliphatic rings. The highest BCUT2D eigenvalue weighted by atomic mass is 35.5. The Morgan fingerprint density at radius 2 is 2.12 bits per heavy atom. The molecule has 0 saturated carbocycles. The van der Waals surface area contributed by atoms with E-state index in [9.17, 15) is 23.1 Å². The summed E-state index contributed by atoms with van der Waals surface area (Å²) in [6.07, 6.45) is -3.27. The van der Waals surface area contributed by atoms with Gasteiger partial charge in [-0.3, -0.25) is 4.79 Å². The summed E-state index contributed by atoms with van der Waals surface area (Å²) in [5, 5.41) is 13.2. The number of nitrogens with zero attached hydrogens (tertiary/aromatic N) is 1. The molecule has 0 aliphatic carbocycles. The van der Waals surface area contributed by atoms with Crippen molar-refractivity contribution < 1.29 is 27.8 Å². The van der Waals surface area contributed by atoms with Crippen LogP contribution in [-0.4, -0.2) is 54.8 Å². The van der Waals surface area contributed by atoms with Gasteiger partial charge in [0.2, 0.25) is 5.91 Å². The second-order valence-electron chi connectivity index (χ2n) is 6.23. The van der Waals surface area contributed by atoms with Gasteiger partial charge in [-0.25, -0.2) is 0 Å². The lowest BCUT2D eigenvalue weighted by Crippen LogP contribution is -2.39. The number of amides is 1. The summed E-state index contributed by atoms with van der Waals surface area (Å²) < 4.78 is 43.8. The molecule has 0 spiro atoms. The van der Waals surface area contributed by atoms with E-state index in [4.69, 9.17) is 4.74 Å². The fourth-order valence-corrected chi connectivity index (χ4v) is 2.78. The Labute approximate surface area is 156 Å². The number of rotatable bonds is 7. The molecule has 1 aromatic rings. The highest BCUT2D eigenvalue weighted by molar-refractivity contribution is 5.85. The number of carbonyl (C=O) groups is 1. The minimum absolute atomic E-state index is 0. The first-order valence-corrected chi connectivity index (χ1v) is 8.22. The van der Waals surface area contributed by atoms with Gasteiger partial charge < -0.3 is 20.1 Å². The second kappa shape index (κ2) is 9.99. The monoisotopic (exact) mass is 396 g/mol. The van der Waals surface area contributed by atoms with Crippen LogP contribution in [0.15, 0.2) is 24.3 Å². The first kappa shape index (κ1) is 22.5. The molecule has 26 heavy (non-hydrogen) atoms. The molecule has 9 heteroatoms. The standard InChI is InChI=1S/C17H23F3N2O3.ClH/c1-22(16(24)9-12-5-4-8-21-12)10-13(23)11-25-15-7-3-2-6-14(15)17(18,19)20;/h2-3,6-7,12-13,21,23H,4-5,8-11H2,1H3;1H. The summed E-state index contributed by atoms with van der Waals surface area (Å²) in [6.45, 7) is 0.572. The van der Waals surface area contributed by atoms with Crippen molar-refractivity contribution in [2.24, 2.45) is 0 Å². The lowest BCUT2D eigenvalue weighted by atomic mass is 10.1.